The van der Waals surface area contributed by atoms with Crippen molar-refractivity contribution in [2.75, 3.05) is 32.5 Å². The van der Waals surface area contributed by atoms with Crippen LogP contribution in [0.25, 0.3) is 0 Å². The highest BCUT2D eigenvalue weighted by Gasteiger charge is 2.33. The van der Waals surface area contributed by atoms with Gasteiger partial charge in [0.2, 0.25) is 26.0 Å². The van der Waals surface area contributed by atoms with Crippen LogP contribution in [0.3, 0.4) is 0 Å². The van der Waals surface area contributed by atoms with E-state index in [1.54, 1.807) is 43.3 Å². The Hall–Kier alpha value is -2.27. The molecule has 3 rings (SSSR count). The molecular formula is C21H27N3O5S2. The van der Waals surface area contributed by atoms with Crippen LogP contribution in [-0.4, -0.2) is 58.5 Å². The molecular weight excluding hydrogens is 438 g/mol. The lowest BCUT2D eigenvalue weighted by Gasteiger charge is -2.31. The number of benzene rings is 2. The van der Waals surface area contributed by atoms with Gasteiger partial charge in [0.05, 0.1) is 15.7 Å². The van der Waals surface area contributed by atoms with Crippen molar-refractivity contribution in [1.29, 1.82) is 0 Å². The largest absolute Gasteiger partial charge is 0.326 e. The molecule has 10 heteroatoms. The maximum absolute atomic E-state index is 12.9. The molecule has 1 atom stereocenters. The molecule has 168 valence electrons. The van der Waals surface area contributed by atoms with Gasteiger partial charge in [-0.05, 0) is 49.6 Å². The van der Waals surface area contributed by atoms with Crippen molar-refractivity contribution in [2.45, 2.75) is 29.6 Å². The monoisotopic (exact) mass is 465 g/mol. The molecule has 0 saturated carbocycles. The molecule has 31 heavy (non-hydrogen) atoms. The maximum Gasteiger partial charge on any atom is 0.243 e. The SMILES string of the molecule is Cc1ccc(S(=O)(=O)N(C)C)cc1NC(=O)[C@@H]1CCCN(S(=O)(=O)c2ccccc2)C1. The summed E-state index contributed by atoms with van der Waals surface area (Å²) in [4.78, 5) is 13.2. The second-order valence-electron chi connectivity index (χ2n) is 7.77. The van der Waals surface area contributed by atoms with Crippen LogP contribution in [0, 0.1) is 12.8 Å². The zero-order valence-corrected chi connectivity index (χ0v) is 19.4. The van der Waals surface area contributed by atoms with Crippen LogP contribution in [0.1, 0.15) is 18.4 Å². The highest BCUT2D eigenvalue weighted by molar-refractivity contribution is 7.89. The van der Waals surface area contributed by atoms with Gasteiger partial charge in [0.1, 0.15) is 0 Å². The fourth-order valence-corrected chi connectivity index (χ4v) is 5.93. The van der Waals surface area contributed by atoms with E-state index < -0.39 is 26.0 Å². The Bertz CT molecular complexity index is 1160. The normalized spacial score (nSPS) is 18.1. The summed E-state index contributed by atoms with van der Waals surface area (Å²) in [7, 11) is -4.43. The summed E-state index contributed by atoms with van der Waals surface area (Å²) in [6.45, 7) is 2.21. The Morgan fingerprint density at radius 1 is 1.03 bits per heavy atom. The van der Waals surface area contributed by atoms with Crippen LogP contribution in [0.15, 0.2) is 58.3 Å². The summed E-state index contributed by atoms with van der Waals surface area (Å²) in [6.07, 6.45) is 1.12. The first-order valence-electron chi connectivity index (χ1n) is 9.92. The van der Waals surface area contributed by atoms with Gasteiger partial charge >= 0.3 is 0 Å². The first-order chi connectivity index (χ1) is 14.5. The molecule has 1 saturated heterocycles. The Labute approximate surface area is 184 Å². The van der Waals surface area contributed by atoms with Crippen LogP contribution >= 0.6 is 0 Å². The van der Waals surface area contributed by atoms with Crippen LogP contribution in [0.5, 0.6) is 0 Å². The molecule has 1 aliphatic heterocycles. The fraction of sp³-hybridized carbons (Fsp3) is 0.381. The Morgan fingerprint density at radius 2 is 1.71 bits per heavy atom. The van der Waals surface area contributed by atoms with Gasteiger partial charge in [0, 0.05) is 32.9 Å². The van der Waals surface area contributed by atoms with E-state index in [0.717, 1.165) is 9.87 Å². The second kappa shape index (κ2) is 9.07. The Balaban J connectivity index is 1.78. The van der Waals surface area contributed by atoms with Crippen LogP contribution in [-0.2, 0) is 24.8 Å². The molecule has 0 aromatic heterocycles. The van der Waals surface area contributed by atoms with Crippen molar-refractivity contribution in [1.82, 2.24) is 8.61 Å². The molecule has 1 fully saturated rings. The van der Waals surface area contributed by atoms with E-state index in [0.29, 0.717) is 25.1 Å². The number of piperidine rings is 1. The predicted molar refractivity (Wildman–Crippen MR) is 119 cm³/mol. The molecule has 1 aliphatic rings. The third-order valence-electron chi connectivity index (χ3n) is 5.38. The van der Waals surface area contributed by atoms with Gasteiger partial charge in [-0.25, -0.2) is 21.1 Å². The lowest BCUT2D eigenvalue weighted by atomic mass is 9.98. The number of anilines is 1. The zero-order chi connectivity index (χ0) is 22.8. The molecule has 0 radical (unpaired) electrons. The fourth-order valence-electron chi connectivity index (χ4n) is 3.46. The highest BCUT2D eigenvalue weighted by Crippen LogP contribution is 2.26. The number of aryl methyl sites for hydroxylation is 1. The summed E-state index contributed by atoms with van der Waals surface area (Å²) in [6, 6.07) is 12.7. The third-order valence-corrected chi connectivity index (χ3v) is 9.07. The van der Waals surface area contributed by atoms with Crippen LogP contribution in [0.2, 0.25) is 0 Å². The molecule has 1 heterocycles. The molecule has 1 N–H and O–H groups in total. The smallest absolute Gasteiger partial charge is 0.243 e. The van der Waals surface area contributed by atoms with Crippen molar-refractivity contribution in [3.63, 3.8) is 0 Å². The quantitative estimate of drug-likeness (QED) is 0.705. The first kappa shape index (κ1) is 23.4. The number of carbonyl (C=O) groups excluding carboxylic acids is 1. The molecule has 8 nitrogen and oxygen atoms in total. The van der Waals surface area contributed by atoms with Crippen LogP contribution in [0.4, 0.5) is 5.69 Å². The maximum atomic E-state index is 12.9. The van der Waals surface area contributed by atoms with Crippen molar-refractivity contribution >= 4 is 31.6 Å². The summed E-state index contributed by atoms with van der Waals surface area (Å²) in [5.41, 5.74) is 1.12. The van der Waals surface area contributed by atoms with E-state index in [4.69, 9.17) is 0 Å². The topological polar surface area (TPSA) is 104 Å². The summed E-state index contributed by atoms with van der Waals surface area (Å²) >= 11 is 0. The molecule has 1 amide bonds. The molecule has 2 aromatic rings. The van der Waals surface area contributed by atoms with E-state index >= 15 is 0 Å². The molecule has 0 bridgehead atoms. The average molecular weight is 466 g/mol. The van der Waals surface area contributed by atoms with Gasteiger partial charge in [0.25, 0.3) is 0 Å². The molecule has 0 spiro atoms. The van der Waals surface area contributed by atoms with Gasteiger partial charge in [-0.15, -0.1) is 0 Å². The minimum Gasteiger partial charge on any atom is -0.326 e. The summed E-state index contributed by atoms with van der Waals surface area (Å²) in [5.74, 6) is -0.851. The third kappa shape index (κ3) is 4.98. The second-order valence-corrected chi connectivity index (χ2v) is 11.9. The average Bonchev–Trinajstić information content (AvgIpc) is 2.75. The minimum absolute atomic E-state index is 0.0790. The van der Waals surface area contributed by atoms with Crippen LogP contribution < -0.4 is 5.32 Å². The molecule has 0 aliphatic carbocycles. The highest BCUT2D eigenvalue weighted by atomic mass is 32.2. The number of carbonyl (C=O) groups is 1. The number of nitrogens with one attached hydrogen (secondary N) is 1. The lowest BCUT2D eigenvalue weighted by molar-refractivity contribution is -0.120. The lowest BCUT2D eigenvalue weighted by Crippen LogP contribution is -2.43. The van der Waals surface area contributed by atoms with E-state index in [1.807, 2.05) is 0 Å². The van der Waals surface area contributed by atoms with Crippen molar-refractivity contribution in [2.24, 2.45) is 5.92 Å². The predicted octanol–water partition coefficient (Wildman–Crippen LogP) is 2.28. The number of hydrogen-bond donors (Lipinski definition) is 1. The number of amides is 1. The standard InChI is InChI=1S/C21H27N3O5S2/c1-16-11-12-19(30(26,27)23(2)3)14-20(16)22-21(25)17-8-7-13-24(15-17)31(28,29)18-9-5-4-6-10-18/h4-6,9-12,14,17H,7-8,13,15H2,1-3H3,(H,22,25)/t17-/m1/s1. The summed E-state index contributed by atoms with van der Waals surface area (Å²) < 4.78 is 53.1. The molecule has 0 unspecified atom stereocenters. The van der Waals surface area contributed by atoms with E-state index in [9.17, 15) is 21.6 Å². The van der Waals surface area contributed by atoms with E-state index in [-0.39, 0.29) is 22.2 Å². The van der Waals surface area contributed by atoms with Gasteiger partial charge in [-0.3, -0.25) is 4.79 Å². The van der Waals surface area contributed by atoms with Gasteiger partial charge in [0.15, 0.2) is 0 Å². The first-order valence-corrected chi connectivity index (χ1v) is 12.8. The van der Waals surface area contributed by atoms with Gasteiger partial charge in [-0.1, -0.05) is 24.3 Å². The van der Waals surface area contributed by atoms with Crippen molar-refractivity contribution in [3.8, 4) is 0 Å². The zero-order valence-electron chi connectivity index (χ0n) is 17.8. The Morgan fingerprint density at radius 3 is 2.35 bits per heavy atom. The minimum atomic E-state index is -3.68. The number of sulfonamides is 2. The number of nitrogens with zero attached hydrogens (tertiary/aromatic N) is 2. The van der Waals surface area contributed by atoms with E-state index in [1.165, 1.54) is 30.5 Å². The van der Waals surface area contributed by atoms with Gasteiger partial charge < -0.3 is 5.32 Å². The Kier molecular flexibility index (Phi) is 6.85. The summed E-state index contributed by atoms with van der Waals surface area (Å²) in [5, 5.41) is 2.80. The van der Waals surface area contributed by atoms with Gasteiger partial charge in [-0.2, -0.15) is 4.31 Å². The van der Waals surface area contributed by atoms with E-state index in [2.05, 4.69) is 5.32 Å². The molecule has 2 aromatic carbocycles. The number of hydrogen-bond acceptors (Lipinski definition) is 5. The van der Waals surface area contributed by atoms with Crippen molar-refractivity contribution < 1.29 is 21.6 Å². The number of rotatable bonds is 6. The van der Waals surface area contributed by atoms with Crippen molar-refractivity contribution in [3.05, 3.63) is 54.1 Å².